The van der Waals surface area contributed by atoms with Gasteiger partial charge >= 0.3 is 0 Å². The quantitative estimate of drug-likeness (QED) is 0.864. The molecule has 0 bridgehead atoms. The number of amides is 2. The minimum atomic E-state index is -0.850. The molecule has 0 unspecified atom stereocenters. The number of nitrogens with zero attached hydrogens (tertiary/aromatic N) is 1. The number of benzene rings is 1. The third kappa shape index (κ3) is 2.52. The summed E-state index contributed by atoms with van der Waals surface area (Å²) in [5.41, 5.74) is -0.211. The molecular weight excluding hydrogens is 296 g/mol. The lowest BCUT2D eigenvalue weighted by Gasteiger charge is -2.23. The molecule has 2 heterocycles. The summed E-state index contributed by atoms with van der Waals surface area (Å²) in [6.07, 6.45) is 3.34. The first-order valence-corrected chi connectivity index (χ1v) is 8.20. The molecule has 0 atom stereocenters. The standard InChI is InChI=1S/C17H20N2O4/c20-15(17(5-6-17)16(21)19-7-1-2-8-19)18-12-3-4-13-14(11-12)23-10-9-22-13/h3-4,11H,1-2,5-10H2,(H,18,20). The van der Waals surface area contributed by atoms with Crippen LogP contribution in [-0.2, 0) is 9.59 Å². The van der Waals surface area contributed by atoms with Crippen LogP contribution in [0.3, 0.4) is 0 Å². The Hall–Kier alpha value is -2.24. The number of carbonyl (C=O) groups is 2. The molecule has 1 aliphatic carbocycles. The number of ether oxygens (including phenoxy) is 2. The molecule has 1 saturated heterocycles. The molecule has 4 rings (SSSR count). The largest absolute Gasteiger partial charge is 0.486 e. The van der Waals surface area contributed by atoms with Gasteiger partial charge in [-0.25, -0.2) is 0 Å². The smallest absolute Gasteiger partial charge is 0.240 e. The Balaban J connectivity index is 1.48. The lowest BCUT2D eigenvalue weighted by molar-refractivity contribution is -0.141. The van der Waals surface area contributed by atoms with Crippen LogP contribution in [0.25, 0.3) is 0 Å². The van der Waals surface area contributed by atoms with Gasteiger partial charge < -0.3 is 19.7 Å². The number of fused-ring (bicyclic) bond motifs is 1. The van der Waals surface area contributed by atoms with Crippen molar-refractivity contribution in [3.8, 4) is 11.5 Å². The first-order valence-electron chi connectivity index (χ1n) is 8.20. The molecule has 1 N–H and O–H groups in total. The molecule has 2 amide bonds. The van der Waals surface area contributed by atoms with Crippen molar-refractivity contribution in [1.29, 1.82) is 0 Å². The molecule has 122 valence electrons. The fourth-order valence-corrected chi connectivity index (χ4v) is 3.26. The topological polar surface area (TPSA) is 67.9 Å². The van der Waals surface area contributed by atoms with Gasteiger partial charge in [0, 0.05) is 24.8 Å². The van der Waals surface area contributed by atoms with E-state index in [4.69, 9.17) is 9.47 Å². The summed E-state index contributed by atoms with van der Waals surface area (Å²) in [7, 11) is 0. The Morgan fingerprint density at radius 1 is 1.04 bits per heavy atom. The minimum absolute atomic E-state index is 0.00922. The van der Waals surface area contributed by atoms with Crippen LogP contribution in [0.1, 0.15) is 25.7 Å². The highest BCUT2D eigenvalue weighted by Crippen LogP contribution is 2.48. The maximum absolute atomic E-state index is 12.6. The Morgan fingerprint density at radius 3 is 2.43 bits per heavy atom. The SMILES string of the molecule is O=C(Nc1ccc2c(c1)OCCO2)C1(C(=O)N2CCCC2)CC1. The van der Waals surface area contributed by atoms with E-state index in [9.17, 15) is 9.59 Å². The van der Waals surface area contributed by atoms with E-state index in [-0.39, 0.29) is 11.8 Å². The second-order valence-electron chi connectivity index (χ2n) is 6.39. The Kier molecular flexibility index (Phi) is 3.39. The maximum Gasteiger partial charge on any atom is 0.240 e. The summed E-state index contributed by atoms with van der Waals surface area (Å²) < 4.78 is 11.0. The second-order valence-corrected chi connectivity index (χ2v) is 6.39. The van der Waals surface area contributed by atoms with Crippen molar-refractivity contribution >= 4 is 17.5 Å². The minimum Gasteiger partial charge on any atom is -0.486 e. The Bertz CT molecular complexity index is 648. The van der Waals surface area contributed by atoms with E-state index >= 15 is 0 Å². The average Bonchev–Trinajstić information content (AvgIpc) is 3.21. The van der Waals surface area contributed by atoms with Gasteiger partial charge in [0.05, 0.1) is 0 Å². The first-order chi connectivity index (χ1) is 11.2. The molecule has 6 nitrogen and oxygen atoms in total. The van der Waals surface area contributed by atoms with E-state index in [0.717, 1.165) is 25.9 Å². The summed E-state index contributed by atoms with van der Waals surface area (Å²) in [4.78, 5) is 27.1. The number of nitrogens with one attached hydrogen (secondary N) is 1. The fourth-order valence-electron chi connectivity index (χ4n) is 3.26. The van der Waals surface area contributed by atoms with E-state index in [1.165, 1.54) is 0 Å². The van der Waals surface area contributed by atoms with Crippen LogP contribution in [0.2, 0.25) is 0 Å². The summed E-state index contributed by atoms with van der Waals surface area (Å²) in [6.45, 7) is 2.59. The predicted molar refractivity (Wildman–Crippen MR) is 83.5 cm³/mol. The number of likely N-dealkylation sites (tertiary alicyclic amines) is 1. The molecule has 0 radical (unpaired) electrons. The summed E-state index contributed by atoms with van der Waals surface area (Å²) in [6, 6.07) is 5.32. The normalized spacial score (nSPS) is 21.0. The van der Waals surface area contributed by atoms with Gasteiger partial charge in [0.1, 0.15) is 18.6 Å². The van der Waals surface area contributed by atoms with Crippen LogP contribution < -0.4 is 14.8 Å². The highest BCUT2D eigenvalue weighted by Gasteiger charge is 2.58. The van der Waals surface area contributed by atoms with E-state index < -0.39 is 5.41 Å². The zero-order chi connectivity index (χ0) is 15.9. The third-order valence-electron chi connectivity index (χ3n) is 4.79. The van der Waals surface area contributed by atoms with Gasteiger partial charge in [0.2, 0.25) is 11.8 Å². The van der Waals surface area contributed by atoms with Crippen molar-refractivity contribution < 1.29 is 19.1 Å². The number of hydrogen-bond acceptors (Lipinski definition) is 4. The number of carbonyl (C=O) groups excluding carboxylic acids is 2. The molecule has 0 spiro atoms. The first kappa shape index (κ1) is 14.4. The van der Waals surface area contributed by atoms with E-state index in [0.29, 0.717) is 43.2 Å². The van der Waals surface area contributed by atoms with Crippen molar-refractivity contribution in [2.45, 2.75) is 25.7 Å². The van der Waals surface area contributed by atoms with Gasteiger partial charge in [-0.3, -0.25) is 9.59 Å². The zero-order valence-electron chi connectivity index (χ0n) is 13.0. The zero-order valence-corrected chi connectivity index (χ0v) is 13.0. The molecule has 2 aliphatic heterocycles. The second kappa shape index (κ2) is 5.44. The van der Waals surface area contributed by atoms with E-state index in [2.05, 4.69) is 5.32 Å². The van der Waals surface area contributed by atoms with Gasteiger partial charge in [-0.15, -0.1) is 0 Å². The van der Waals surface area contributed by atoms with Crippen molar-refractivity contribution in [2.75, 3.05) is 31.6 Å². The number of rotatable bonds is 3. The van der Waals surface area contributed by atoms with Crippen LogP contribution in [0.4, 0.5) is 5.69 Å². The molecule has 2 fully saturated rings. The van der Waals surface area contributed by atoms with Gasteiger partial charge in [0.15, 0.2) is 11.5 Å². The van der Waals surface area contributed by atoms with Gasteiger partial charge in [-0.2, -0.15) is 0 Å². The van der Waals surface area contributed by atoms with Crippen LogP contribution in [0.15, 0.2) is 18.2 Å². The van der Waals surface area contributed by atoms with Crippen molar-refractivity contribution in [2.24, 2.45) is 5.41 Å². The molecular formula is C17H20N2O4. The third-order valence-corrected chi connectivity index (χ3v) is 4.79. The Morgan fingerprint density at radius 2 is 1.74 bits per heavy atom. The van der Waals surface area contributed by atoms with Crippen molar-refractivity contribution in [1.82, 2.24) is 4.90 Å². The molecule has 3 aliphatic rings. The maximum atomic E-state index is 12.6. The molecule has 0 aromatic heterocycles. The van der Waals surface area contributed by atoms with Crippen LogP contribution >= 0.6 is 0 Å². The van der Waals surface area contributed by atoms with Crippen LogP contribution in [0, 0.1) is 5.41 Å². The predicted octanol–water partition coefficient (Wildman–Crippen LogP) is 1.80. The summed E-state index contributed by atoms with van der Waals surface area (Å²) in [5, 5.41) is 2.88. The highest BCUT2D eigenvalue weighted by atomic mass is 16.6. The van der Waals surface area contributed by atoms with E-state index in [1.807, 2.05) is 4.90 Å². The Labute approximate surface area is 134 Å². The summed E-state index contributed by atoms with van der Waals surface area (Å²) in [5.74, 6) is 1.10. The molecule has 1 aromatic rings. The van der Waals surface area contributed by atoms with Crippen LogP contribution in [-0.4, -0.2) is 43.0 Å². The summed E-state index contributed by atoms with van der Waals surface area (Å²) >= 11 is 0. The van der Waals surface area contributed by atoms with Gasteiger partial charge in [-0.05, 0) is 37.8 Å². The van der Waals surface area contributed by atoms with E-state index in [1.54, 1.807) is 18.2 Å². The van der Waals surface area contributed by atoms with Crippen LogP contribution in [0.5, 0.6) is 11.5 Å². The highest BCUT2D eigenvalue weighted by molar-refractivity contribution is 6.13. The van der Waals surface area contributed by atoms with Gasteiger partial charge in [-0.1, -0.05) is 0 Å². The lowest BCUT2D eigenvalue weighted by Crippen LogP contribution is -2.41. The van der Waals surface area contributed by atoms with Crippen molar-refractivity contribution in [3.63, 3.8) is 0 Å². The monoisotopic (exact) mass is 316 g/mol. The molecule has 1 aromatic carbocycles. The van der Waals surface area contributed by atoms with Gasteiger partial charge in [0.25, 0.3) is 0 Å². The average molecular weight is 316 g/mol. The molecule has 23 heavy (non-hydrogen) atoms. The number of hydrogen-bond donors (Lipinski definition) is 1. The molecule has 1 saturated carbocycles. The fraction of sp³-hybridized carbons (Fsp3) is 0.529. The lowest BCUT2D eigenvalue weighted by atomic mass is 10.0. The molecule has 6 heteroatoms. The number of anilines is 1. The van der Waals surface area contributed by atoms with Crippen molar-refractivity contribution in [3.05, 3.63) is 18.2 Å².